The molecule has 1 amide bonds. The Balaban J connectivity index is 3.35. The number of hydrogen-bond acceptors (Lipinski definition) is 5. The van der Waals surface area contributed by atoms with Gasteiger partial charge in [-0.25, -0.2) is 0 Å². The molecule has 0 fully saturated rings. The number of unbranched alkanes of at least 4 members (excludes halogenated alkanes) is 54. The van der Waals surface area contributed by atoms with Gasteiger partial charge in [-0.15, -0.1) is 0 Å². The molecule has 0 rings (SSSR count). The summed E-state index contributed by atoms with van der Waals surface area (Å²) in [5.74, 6) is -0.0418. The van der Waals surface area contributed by atoms with Crippen molar-refractivity contribution in [3.05, 3.63) is 24.3 Å². The van der Waals surface area contributed by atoms with Gasteiger partial charge in [-0.05, 0) is 57.8 Å². The molecule has 0 aromatic rings. The maximum Gasteiger partial charge on any atom is 0.305 e. The lowest BCUT2D eigenvalue weighted by atomic mass is 10.0. The van der Waals surface area contributed by atoms with E-state index in [0.717, 1.165) is 38.5 Å². The zero-order chi connectivity index (χ0) is 56.4. The summed E-state index contributed by atoms with van der Waals surface area (Å²) in [4.78, 5) is 24.6. The second-order valence-electron chi connectivity index (χ2n) is 24.6. The lowest BCUT2D eigenvalue weighted by molar-refractivity contribution is -0.143. The van der Waals surface area contributed by atoms with Gasteiger partial charge in [-0.2, -0.15) is 0 Å². The number of allylic oxidation sites excluding steroid dienone is 3. The number of esters is 1. The Labute approximate surface area is 488 Å². The van der Waals surface area contributed by atoms with Crippen LogP contribution in [0.25, 0.3) is 0 Å². The largest absolute Gasteiger partial charge is 0.466 e. The van der Waals surface area contributed by atoms with Crippen molar-refractivity contribution in [1.29, 1.82) is 0 Å². The third-order valence-corrected chi connectivity index (χ3v) is 16.7. The van der Waals surface area contributed by atoms with E-state index in [1.807, 2.05) is 6.08 Å². The summed E-state index contributed by atoms with van der Waals surface area (Å²) >= 11 is 0. The molecule has 6 nitrogen and oxygen atoms in total. The van der Waals surface area contributed by atoms with Crippen molar-refractivity contribution in [3.63, 3.8) is 0 Å². The van der Waals surface area contributed by atoms with Crippen molar-refractivity contribution in [3.8, 4) is 0 Å². The number of nitrogens with one attached hydrogen (secondary N) is 1. The van der Waals surface area contributed by atoms with Crippen LogP contribution in [0.4, 0.5) is 0 Å². The highest BCUT2D eigenvalue weighted by Crippen LogP contribution is 2.19. The van der Waals surface area contributed by atoms with Gasteiger partial charge in [0.2, 0.25) is 5.91 Å². The number of aliphatic hydroxyl groups is 2. The number of amides is 1. The number of aliphatic hydroxyl groups excluding tert-OH is 2. The summed E-state index contributed by atoms with van der Waals surface area (Å²) < 4.78 is 5.50. The standard InChI is InChI=1S/C72H139NO5/c1-3-5-7-9-11-13-15-17-37-42-46-50-54-58-62-66-72(77)78-67-63-59-55-51-47-43-39-36-34-32-30-28-26-24-22-20-19-21-23-25-27-29-31-33-35-38-41-45-49-53-57-61-65-71(76)73-69(68-74)70(75)64-60-56-52-48-44-40-18-16-14-12-10-8-6-4-2/h22,24,60,64,69-70,74-75H,3-21,23,25-59,61-63,65-68H2,1-2H3,(H,73,76)/b24-22-,64-60+. The molecule has 6 heteroatoms. The first-order valence-electron chi connectivity index (χ1n) is 35.6. The Bertz CT molecular complexity index is 1220. The van der Waals surface area contributed by atoms with E-state index in [1.165, 1.54) is 334 Å². The molecule has 0 heterocycles. The van der Waals surface area contributed by atoms with Gasteiger partial charge in [0.05, 0.1) is 25.4 Å². The molecule has 2 atom stereocenters. The van der Waals surface area contributed by atoms with E-state index in [-0.39, 0.29) is 18.5 Å². The van der Waals surface area contributed by atoms with Gasteiger partial charge in [0, 0.05) is 12.8 Å². The molecular formula is C72H139NO5. The highest BCUT2D eigenvalue weighted by Gasteiger charge is 2.18. The minimum Gasteiger partial charge on any atom is -0.466 e. The average molecular weight is 1100 g/mol. The van der Waals surface area contributed by atoms with Gasteiger partial charge in [-0.3, -0.25) is 9.59 Å². The number of rotatable bonds is 67. The van der Waals surface area contributed by atoms with E-state index in [2.05, 4.69) is 31.3 Å². The van der Waals surface area contributed by atoms with Gasteiger partial charge in [0.1, 0.15) is 0 Å². The molecule has 0 spiro atoms. The first-order chi connectivity index (χ1) is 38.5. The van der Waals surface area contributed by atoms with Crippen molar-refractivity contribution >= 4 is 11.9 Å². The second kappa shape index (κ2) is 67.8. The van der Waals surface area contributed by atoms with Gasteiger partial charge >= 0.3 is 5.97 Å². The highest BCUT2D eigenvalue weighted by molar-refractivity contribution is 5.76. The Hall–Kier alpha value is -1.66. The molecule has 0 aliphatic carbocycles. The molecule has 2 unspecified atom stereocenters. The Kier molecular flexibility index (Phi) is 66.4. The molecule has 0 aliphatic rings. The Morgan fingerprint density at radius 2 is 0.603 bits per heavy atom. The monoisotopic (exact) mass is 1100 g/mol. The third kappa shape index (κ3) is 63.5. The van der Waals surface area contributed by atoms with Crippen molar-refractivity contribution in [2.24, 2.45) is 0 Å². The maximum absolute atomic E-state index is 12.5. The van der Waals surface area contributed by atoms with E-state index in [1.54, 1.807) is 6.08 Å². The first kappa shape index (κ1) is 76.3. The molecule has 0 bridgehead atoms. The summed E-state index contributed by atoms with van der Waals surface area (Å²) in [6, 6.07) is -0.625. The summed E-state index contributed by atoms with van der Waals surface area (Å²) in [5, 5.41) is 23.1. The predicted molar refractivity (Wildman–Crippen MR) is 343 cm³/mol. The highest BCUT2D eigenvalue weighted by atomic mass is 16.5. The quantitative estimate of drug-likeness (QED) is 0.0320. The molecule has 462 valence electrons. The van der Waals surface area contributed by atoms with E-state index in [4.69, 9.17) is 4.74 Å². The van der Waals surface area contributed by atoms with Crippen molar-refractivity contribution in [2.45, 2.75) is 411 Å². The van der Waals surface area contributed by atoms with Gasteiger partial charge in [0.25, 0.3) is 0 Å². The number of ether oxygens (including phenoxy) is 1. The summed E-state index contributed by atoms with van der Waals surface area (Å²) in [6.45, 7) is 4.94. The summed E-state index contributed by atoms with van der Waals surface area (Å²) in [7, 11) is 0. The second-order valence-corrected chi connectivity index (χ2v) is 24.6. The molecule has 0 aliphatic heterocycles. The molecule has 78 heavy (non-hydrogen) atoms. The van der Waals surface area contributed by atoms with Crippen LogP contribution in [-0.4, -0.2) is 47.4 Å². The predicted octanol–water partition coefficient (Wildman–Crippen LogP) is 22.9. The van der Waals surface area contributed by atoms with Crippen LogP contribution in [0.3, 0.4) is 0 Å². The molecule has 0 aromatic carbocycles. The minimum atomic E-state index is -0.842. The molecule has 3 N–H and O–H groups in total. The molecular weight excluding hydrogens is 959 g/mol. The zero-order valence-electron chi connectivity index (χ0n) is 52.9. The minimum absolute atomic E-state index is 0.0215. The first-order valence-corrected chi connectivity index (χ1v) is 35.6. The lowest BCUT2D eigenvalue weighted by Gasteiger charge is -2.20. The fourth-order valence-corrected chi connectivity index (χ4v) is 11.3. The normalized spacial score (nSPS) is 12.6. The van der Waals surface area contributed by atoms with E-state index >= 15 is 0 Å². The van der Waals surface area contributed by atoms with Gasteiger partial charge in [-0.1, -0.05) is 353 Å². The third-order valence-electron chi connectivity index (χ3n) is 16.7. The van der Waals surface area contributed by atoms with Crippen LogP contribution in [0, 0.1) is 0 Å². The van der Waals surface area contributed by atoms with E-state index in [9.17, 15) is 19.8 Å². The SMILES string of the molecule is CCCCCCCCCCCCCC/C=C/C(O)C(CO)NC(=O)CCCCCCCCCCCCCCCCCC/C=C\CCCCCCCCCCCCCCOC(=O)CCCCCCCCCCCCCCCCC. The number of carbonyl (C=O) groups is 2. The van der Waals surface area contributed by atoms with Crippen LogP contribution >= 0.6 is 0 Å². The van der Waals surface area contributed by atoms with E-state index in [0.29, 0.717) is 19.4 Å². The number of hydrogen-bond donors (Lipinski definition) is 3. The van der Waals surface area contributed by atoms with Crippen LogP contribution < -0.4 is 5.32 Å². The fraction of sp³-hybridized carbons (Fsp3) is 0.917. The van der Waals surface area contributed by atoms with Crippen LogP contribution in [0.1, 0.15) is 399 Å². The van der Waals surface area contributed by atoms with E-state index < -0.39 is 12.1 Å². The molecule has 0 aromatic heterocycles. The fourth-order valence-electron chi connectivity index (χ4n) is 11.3. The van der Waals surface area contributed by atoms with Crippen molar-refractivity contribution < 1.29 is 24.5 Å². The summed E-state index contributed by atoms with van der Waals surface area (Å²) in [5.41, 5.74) is 0. The lowest BCUT2D eigenvalue weighted by Crippen LogP contribution is -2.45. The average Bonchev–Trinajstić information content (AvgIpc) is 3.44. The van der Waals surface area contributed by atoms with Gasteiger partial charge < -0.3 is 20.3 Å². The summed E-state index contributed by atoms with van der Waals surface area (Å²) in [6.07, 6.45) is 85.5. The molecule has 0 saturated carbocycles. The van der Waals surface area contributed by atoms with Crippen molar-refractivity contribution in [2.75, 3.05) is 13.2 Å². The van der Waals surface area contributed by atoms with Gasteiger partial charge in [0.15, 0.2) is 0 Å². The topological polar surface area (TPSA) is 95.9 Å². The maximum atomic E-state index is 12.5. The number of carbonyl (C=O) groups excluding carboxylic acids is 2. The molecule has 0 radical (unpaired) electrons. The molecule has 0 saturated heterocycles. The van der Waals surface area contributed by atoms with Crippen LogP contribution in [-0.2, 0) is 14.3 Å². The van der Waals surface area contributed by atoms with Crippen LogP contribution in [0.2, 0.25) is 0 Å². The van der Waals surface area contributed by atoms with Crippen LogP contribution in [0.15, 0.2) is 24.3 Å². The van der Waals surface area contributed by atoms with Crippen molar-refractivity contribution in [1.82, 2.24) is 5.32 Å². The Morgan fingerprint density at radius 3 is 0.910 bits per heavy atom. The Morgan fingerprint density at radius 1 is 0.346 bits per heavy atom. The van der Waals surface area contributed by atoms with Crippen LogP contribution in [0.5, 0.6) is 0 Å². The smallest absolute Gasteiger partial charge is 0.305 e. The zero-order valence-corrected chi connectivity index (χ0v) is 52.9.